The summed E-state index contributed by atoms with van der Waals surface area (Å²) in [7, 11) is 1.43. The van der Waals surface area contributed by atoms with E-state index in [0.29, 0.717) is 25.9 Å². The number of ether oxygens (including phenoxy) is 1. The molecule has 0 bridgehead atoms. The number of carbonyl (C=O) groups is 2. The Hall–Kier alpha value is -1.59. The van der Waals surface area contributed by atoms with Crippen molar-refractivity contribution in [1.82, 2.24) is 9.80 Å². The second-order valence-electron chi connectivity index (χ2n) is 7.29. The van der Waals surface area contributed by atoms with Gasteiger partial charge in [0.2, 0.25) is 5.91 Å². The zero-order valence-corrected chi connectivity index (χ0v) is 16.1. The van der Waals surface area contributed by atoms with Gasteiger partial charge in [-0.25, -0.2) is 0 Å². The van der Waals surface area contributed by atoms with Crippen molar-refractivity contribution in [3.8, 4) is 0 Å². The molecule has 1 aromatic carbocycles. The highest BCUT2D eigenvalue weighted by molar-refractivity contribution is 6.31. The fourth-order valence-corrected chi connectivity index (χ4v) is 4.22. The average Bonchev–Trinajstić information content (AvgIpc) is 2.69. The molecule has 1 aromatic rings. The number of esters is 1. The topological polar surface area (TPSA) is 49.9 Å². The summed E-state index contributed by atoms with van der Waals surface area (Å²) in [5, 5.41) is 0.783. The molecule has 0 radical (unpaired) electrons. The Kier molecular flexibility index (Phi) is 6.54. The van der Waals surface area contributed by atoms with Crippen molar-refractivity contribution in [2.24, 2.45) is 11.8 Å². The maximum absolute atomic E-state index is 12.9. The lowest BCUT2D eigenvalue weighted by Crippen LogP contribution is -2.47. The van der Waals surface area contributed by atoms with Crippen molar-refractivity contribution in [2.75, 3.05) is 33.3 Å². The van der Waals surface area contributed by atoms with E-state index in [-0.39, 0.29) is 23.7 Å². The minimum absolute atomic E-state index is 0.0425. The number of halogens is 1. The summed E-state index contributed by atoms with van der Waals surface area (Å²) >= 11 is 6.28. The highest BCUT2D eigenvalue weighted by Gasteiger charge is 2.33. The van der Waals surface area contributed by atoms with E-state index in [1.54, 1.807) is 0 Å². The summed E-state index contributed by atoms with van der Waals surface area (Å²) in [6.45, 7) is 3.87. The number of nitrogens with zero attached hydrogens (tertiary/aromatic N) is 2. The van der Waals surface area contributed by atoms with Crippen molar-refractivity contribution in [3.05, 3.63) is 34.9 Å². The summed E-state index contributed by atoms with van der Waals surface area (Å²) in [5.41, 5.74) is 1.11. The van der Waals surface area contributed by atoms with E-state index in [2.05, 4.69) is 4.90 Å². The van der Waals surface area contributed by atoms with E-state index in [0.717, 1.165) is 43.1 Å². The lowest BCUT2D eigenvalue weighted by atomic mass is 9.92. The van der Waals surface area contributed by atoms with Gasteiger partial charge in [0.15, 0.2) is 0 Å². The van der Waals surface area contributed by atoms with Crippen molar-refractivity contribution < 1.29 is 14.3 Å². The van der Waals surface area contributed by atoms with Gasteiger partial charge in [-0.3, -0.25) is 14.5 Å². The third-order valence-corrected chi connectivity index (χ3v) is 5.92. The summed E-state index contributed by atoms with van der Waals surface area (Å²) in [6, 6.07) is 7.89. The Bertz CT molecular complexity index is 644. The Morgan fingerprint density at radius 1 is 1.12 bits per heavy atom. The molecule has 5 nitrogen and oxygen atoms in total. The Balaban J connectivity index is 1.54. The molecule has 6 heteroatoms. The third kappa shape index (κ3) is 4.57. The highest BCUT2D eigenvalue weighted by Crippen LogP contribution is 2.25. The second-order valence-corrected chi connectivity index (χ2v) is 7.70. The van der Waals surface area contributed by atoms with Gasteiger partial charge in [-0.05, 0) is 43.9 Å². The minimum atomic E-state index is -0.152. The van der Waals surface area contributed by atoms with Gasteiger partial charge >= 0.3 is 5.97 Å². The second kappa shape index (κ2) is 8.87. The van der Waals surface area contributed by atoms with Crippen LogP contribution in [0.4, 0.5) is 0 Å². The summed E-state index contributed by atoms with van der Waals surface area (Å²) < 4.78 is 4.82. The quantitative estimate of drug-likeness (QED) is 0.756. The maximum Gasteiger partial charge on any atom is 0.308 e. The van der Waals surface area contributed by atoms with Gasteiger partial charge in [-0.15, -0.1) is 0 Å². The molecule has 0 N–H and O–H groups in total. The van der Waals surface area contributed by atoms with Crippen LogP contribution in [-0.4, -0.2) is 55.0 Å². The number of methoxy groups -OCH3 is 1. The number of carbonyl (C=O) groups excluding carboxylic acids is 2. The third-order valence-electron chi connectivity index (χ3n) is 5.55. The number of benzene rings is 1. The fraction of sp³-hybridized carbons (Fsp3) is 0.600. The van der Waals surface area contributed by atoms with Gasteiger partial charge in [0.25, 0.3) is 0 Å². The van der Waals surface area contributed by atoms with Gasteiger partial charge in [-0.2, -0.15) is 0 Å². The average molecular weight is 379 g/mol. The van der Waals surface area contributed by atoms with Gasteiger partial charge in [0.1, 0.15) is 0 Å². The Morgan fingerprint density at radius 2 is 1.85 bits per heavy atom. The largest absolute Gasteiger partial charge is 0.469 e. The minimum Gasteiger partial charge on any atom is -0.469 e. The normalized spacial score (nSPS) is 22.2. The molecular formula is C20H27ClN2O3. The molecule has 26 heavy (non-hydrogen) atoms. The van der Waals surface area contributed by atoms with E-state index in [9.17, 15) is 9.59 Å². The first-order chi connectivity index (χ1) is 12.6. The van der Waals surface area contributed by atoms with Crippen molar-refractivity contribution in [3.63, 3.8) is 0 Å². The monoisotopic (exact) mass is 378 g/mol. The van der Waals surface area contributed by atoms with E-state index in [4.69, 9.17) is 16.3 Å². The molecule has 3 rings (SSSR count). The van der Waals surface area contributed by atoms with Crippen LogP contribution in [0.15, 0.2) is 24.3 Å². The smallest absolute Gasteiger partial charge is 0.308 e. The molecule has 2 saturated heterocycles. The van der Waals surface area contributed by atoms with E-state index in [1.165, 1.54) is 7.11 Å². The van der Waals surface area contributed by atoms with Crippen LogP contribution in [0.3, 0.4) is 0 Å². The van der Waals surface area contributed by atoms with Crippen LogP contribution >= 0.6 is 11.6 Å². The predicted octanol–water partition coefficient (Wildman–Crippen LogP) is 2.96. The fourth-order valence-electron chi connectivity index (χ4n) is 4.03. The molecule has 2 aliphatic rings. The van der Waals surface area contributed by atoms with Crippen molar-refractivity contribution >= 4 is 23.5 Å². The van der Waals surface area contributed by atoms with Gasteiger partial charge < -0.3 is 9.64 Å². The molecule has 2 fully saturated rings. The summed E-state index contributed by atoms with van der Waals surface area (Å²) in [6.07, 6.45) is 3.37. The van der Waals surface area contributed by atoms with E-state index >= 15 is 0 Å². The molecule has 1 amide bonds. The lowest BCUT2D eigenvalue weighted by molar-refractivity contribution is -0.150. The van der Waals surface area contributed by atoms with Gasteiger partial charge in [0.05, 0.1) is 18.9 Å². The molecule has 2 aliphatic heterocycles. The zero-order valence-electron chi connectivity index (χ0n) is 15.3. The first-order valence-electron chi connectivity index (χ1n) is 9.41. The van der Waals surface area contributed by atoms with Crippen molar-refractivity contribution in [2.45, 2.75) is 32.2 Å². The number of hydrogen-bond donors (Lipinski definition) is 0. The Morgan fingerprint density at radius 3 is 2.54 bits per heavy atom. The first-order valence-corrected chi connectivity index (χ1v) is 9.78. The van der Waals surface area contributed by atoms with Crippen LogP contribution < -0.4 is 0 Å². The molecule has 142 valence electrons. The number of hydrogen-bond acceptors (Lipinski definition) is 4. The maximum atomic E-state index is 12.9. The number of rotatable bonds is 4. The molecule has 0 saturated carbocycles. The van der Waals surface area contributed by atoms with Crippen LogP contribution in [0.1, 0.15) is 31.2 Å². The summed E-state index contributed by atoms with van der Waals surface area (Å²) in [5.74, 6) is 0.0610. The number of amides is 1. The van der Waals surface area contributed by atoms with Crippen LogP contribution in [-0.2, 0) is 20.9 Å². The van der Waals surface area contributed by atoms with E-state index in [1.807, 2.05) is 29.2 Å². The predicted molar refractivity (Wildman–Crippen MR) is 101 cm³/mol. The molecule has 1 atom stereocenters. The van der Waals surface area contributed by atoms with Crippen molar-refractivity contribution in [1.29, 1.82) is 0 Å². The van der Waals surface area contributed by atoms with Crippen LogP contribution in [0.25, 0.3) is 0 Å². The molecule has 2 heterocycles. The summed E-state index contributed by atoms with van der Waals surface area (Å²) in [4.78, 5) is 28.8. The molecule has 0 spiro atoms. The standard InChI is InChI=1S/C20H27ClN2O3/c1-26-20(25)15-8-11-23(12-9-15)19(24)17-6-4-10-22(14-17)13-16-5-2-3-7-18(16)21/h2-3,5,7,15,17H,4,6,8-14H2,1H3/t17-/m1/s1. The van der Waals surface area contributed by atoms with Gasteiger partial charge in [-0.1, -0.05) is 29.8 Å². The lowest BCUT2D eigenvalue weighted by Gasteiger charge is -2.37. The molecule has 0 aliphatic carbocycles. The molecule has 0 aromatic heterocycles. The Labute approximate surface area is 160 Å². The SMILES string of the molecule is COC(=O)C1CCN(C(=O)[C@@H]2CCCN(Cc3ccccc3Cl)C2)CC1. The zero-order chi connectivity index (χ0) is 18.5. The van der Waals surface area contributed by atoms with Crippen LogP contribution in [0.5, 0.6) is 0 Å². The van der Waals surface area contributed by atoms with Crippen LogP contribution in [0, 0.1) is 11.8 Å². The van der Waals surface area contributed by atoms with Gasteiger partial charge in [0, 0.05) is 31.2 Å². The molecule has 0 unspecified atom stereocenters. The highest BCUT2D eigenvalue weighted by atomic mass is 35.5. The number of piperidine rings is 2. The number of likely N-dealkylation sites (tertiary alicyclic amines) is 2. The van der Waals surface area contributed by atoms with Crippen LogP contribution in [0.2, 0.25) is 5.02 Å². The van der Waals surface area contributed by atoms with E-state index < -0.39 is 0 Å². The molecular weight excluding hydrogens is 352 g/mol. The first kappa shape index (κ1) is 19.2.